The molecular formula is C26H32N4O4S. The first-order valence-electron chi connectivity index (χ1n) is 12.0. The number of benzene rings is 2. The monoisotopic (exact) mass is 496 g/mol. The van der Waals surface area contributed by atoms with Gasteiger partial charge in [0.05, 0.1) is 11.4 Å². The molecular weight excluding hydrogens is 464 g/mol. The van der Waals surface area contributed by atoms with Gasteiger partial charge in [-0.1, -0.05) is 37.3 Å². The lowest BCUT2D eigenvalue weighted by atomic mass is 10.1. The molecule has 2 aliphatic rings. The highest BCUT2D eigenvalue weighted by Gasteiger charge is 2.27. The second-order valence-corrected chi connectivity index (χ2v) is 10.7. The van der Waals surface area contributed by atoms with E-state index in [0.29, 0.717) is 32.7 Å². The average molecular weight is 497 g/mol. The van der Waals surface area contributed by atoms with Gasteiger partial charge in [0.1, 0.15) is 0 Å². The van der Waals surface area contributed by atoms with Gasteiger partial charge >= 0.3 is 0 Å². The molecule has 8 nitrogen and oxygen atoms in total. The largest absolute Gasteiger partial charge is 0.337 e. The van der Waals surface area contributed by atoms with E-state index in [4.69, 9.17) is 0 Å². The molecule has 0 atom stereocenters. The zero-order valence-electron chi connectivity index (χ0n) is 19.9. The van der Waals surface area contributed by atoms with E-state index in [9.17, 15) is 18.0 Å². The molecule has 2 N–H and O–H groups in total. The standard InChI is InChI=1S/C26H32N4O4S/c1-2-21-5-3-4-6-24(21)27-25(31)19-29-15-17-30(18-16-29)26(32)14-9-20-7-12-23(13-8-20)35(33,34)28-22-10-11-22/h3-9,12-14,22,28H,2,10-11,15-19H2,1H3,(H,27,31)/b14-9+. The van der Waals surface area contributed by atoms with Crippen LogP contribution >= 0.6 is 0 Å². The minimum atomic E-state index is -3.48. The lowest BCUT2D eigenvalue weighted by Gasteiger charge is -2.33. The number of aryl methyl sites for hydroxylation is 1. The van der Waals surface area contributed by atoms with Crippen molar-refractivity contribution in [1.82, 2.24) is 14.5 Å². The van der Waals surface area contributed by atoms with Crippen LogP contribution in [0.3, 0.4) is 0 Å². The minimum absolute atomic E-state index is 0.0524. The third-order valence-corrected chi connectivity index (χ3v) is 7.77. The smallest absolute Gasteiger partial charge is 0.246 e. The molecule has 9 heteroatoms. The Labute approximate surface area is 207 Å². The predicted octanol–water partition coefficient (Wildman–Crippen LogP) is 2.49. The van der Waals surface area contributed by atoms with Gasteiger partial charge < -0.3 is 10.2 Å². The van der Waals surface area contributed by atoms with Crippen LogP contribution in [-0.4, -0.2) is 68.8 Å². The van der Waals surface area contributed by atoms with Crippen LogP contribution < -0.4 is 10.0 Å². The summed E-state index contributed by atoms with van der Waals surface area (Å²) < 4.78 is 27.2. The number of anilines is 1. The zero-order valence-corrected chi connectivity index (χ0v) is 20.8. The molecule has 0 aromatic heterocycles. The van der Waals surface area contributed by atoms with E-state index < -0.39 is 10.0 Å². The van der Waals surface area contributed by atoms with E-state index in [0.717, 1.165) is 36.1 Å². The number of carbonyl (C=O) groups excluding carboxylic acids is 2. The summed E-state index contributed by atoms with van der Waals surface area (Å²) in [4.78, 5) is 29.1. The maximum absolute atomic E-state index is 12.6. The van der Waals surface area contributed by atoms with Crippen molar-refractivity contribution in [1.29, 1.82) is 0 Å². The van der Waals surface area contributed by atoms with Crippen LogP contribution in [0.4, 0.5) is 5.69 Å². The summed E-state index contributed by atoms with van der Waals surface area (Å²) in [6, 6.07) is 14.4. The number of piperazine rings is 1. The average Bonchev–Trinajstić information content (AvgIpc) is 3.67. The van der Waals surface area contributed by atoms with Crippen LogP contribution in [0, 0.1) is 0 Å². The lowest BCUT2D eigenvalue weighted by Crippen LogP contribution is -2.50. The van der Waals surface area contributed by atoms with E-state index in [2.05, 4.69) is 17.0 Å². The van der Waals surface area contributed by atoms with Crippen LogP contribution in [-0.2, 0) is 26.0 Å². The Bertz CT molecular complexity index is 1180. The van der Waals surface area contributed by atoms with Crippen LogP contribution in [0.5, 0.6) is 0 Å². The second-order valence-electron chi connectivity index (χ2n) is 8.96. The predicted molar refractivity (Wildman–Crippen MR) is 136 cm³/mol. The number of sulfonamides is 1. The maximum atomic E-state index is 12.6. The first kappa shape index (κ1) is 25.1. The van der Waals surface area contributed by atoms with Crippen molar-refractivity contribution in [2.75, 3.05) is 38.0 Å². The van der Waals surface area contributed by atoms with Crippen LogP contribution in [0.1, 0.15) is 30.9 Å². The first-order valence-corrected chi connectivity index (χ1v) is 13.5. The highest BCUT2D eigenvalue weighted by atomic mass is 32.2. The summed E-state index contributed by atoms with van der Waals surface area (Å²) in [7, 11) is -3.48. The van der Waals surface area contributed by atoms with E-state index >= 15 is 0 Å². The molecule has 1 saturated heterocycles. The number of carbonyl (C=O) groups is 2. The Morgan fingerprint density at radius 3 is 2.34 bits per heavy atom. The molecule has 0 radical (unpaired) electrons. The third-order valence-electron chi connectivity index (χ3n) is 6.23. The lowest BCUT2D eigenvalue weighted by molar-refractivity contribution is -0.127. The SMILES string of the molecule is CCc1ccccc1NC(=O)CN1CCN(C(=O)/C=C/c2ccc(S(=O)(=O)NC3CC3)cc2)CC1. The molecule has 1 aliphatic carbocycles. The fourth-order valence-corrected chi connectivity index (χ4v) is 5.29. The highest BCUT2D eigenvalue weighted by Crippen LogP contribution is 2.22. The summed E-state index contributed by atoms with van der Waals surface area (Å²) in [5.74, 6) is -0.151. The molecule has 0 bridgehead atoms. The van der Waals surface area contributed by atoms with E-state index in [1.807, 2.05) is 29.2 Å². The molecule has 1 aliphatic heterocycles. The number of nitrogens with one attached hydrogen (secondary N) is 2. The van der Waals surface area contributed by atoms with Crippen LogP contribution in [0.15, 0.2) is 59.5 Å². The molecule has 186 valence electrons. The minimum Gasteiger partial charge on any atom is -0.337 e. The number of hydrogen-bond donors (Lipinski definition) is 2. The fourth-order valence-electron chi connectivity index (χ4n) is 3.99. The van der Waals surface area contributed by atoms with Gasteiger partial charge in [-0.3, -0.25) is 14.5 Å². The van der Waals surface area contributed by atoms with Gasteiger partial charge in [-0.05, 0) is 54.7 Å². The number of para-hydroxylation sites is 1. The molecule has 2 fully saturated rings. The Hall–Kier alpha value is -3.01. The van der Waals surface area contributed by atoms with Gasteiger partial charge in [-0.15, -0.1) is 0 Å². The van der Waals surface area contributed by atoms with Crippen molar-refractivity contribution in [2.45, 2.75) is 37.1 Å². The van der Waals surface area contributed by atoms with E-state index in [-0.39, 0.29) is 22.8 Å². The van der Waals surface area contributed by atoms with Crippen molar-refractivity contribution in [3.05, 3.63) is 65.7 Å². The summed E-state index contributed by atoms with van der Waals surface area (Å²) in [5.41, 5.74) is 2.71. The molecule has 2 amide bonds. The van der Waals surface area contributed by atoms with Crippen molar-refractivity contribution >= 4 is 33.6 Å². The molecule has 35 heavy (non-hydrogen) atoms. The molecule has 0 unspecified atom stereocenters. The number of rotatable bonds is 9. The normalized spacial score (nSPS) is 17.0. The third kappa shape index (κ3) is 7.00. The Morgan fingerprint density at radius 1 is 1.00 bits per heavy atom. The first-order chi connectivity index (χ1) is 16.8. The van der Waals surface area contributed by atoms with Crippen molar-refractivity contribution < 1.29 is 18.0 Å². The van der Waals surface area contributed by atoms with Crippen LogP contribution in [0.2, 0.25) is 0 Å². The Morgan fingerprint density at radius 2 is 1.69 bits per heavy atom. The van der Waals surface area contributed by atoms with E-state index in [1.165, 1.54) is 6.08 Å². The van der Waals surface area contributed by atoms with Crippen molar-refractivity contribution in [3.63, 3.8) is 0 Å². The second kappa shape index (κ2) is 11.2. The molecule has 2 aromatic rings. The molecule has 1 heterocycles. The quantitative estimate of drug-likeness (QED) is 0.520. The highest BCUT2D eigenvalue weighted by molar-refractivity contribution is 7.89. The van der Waals surface area contributed by atoms with Crippen molar-refractivity contribution in [3.8, 4) is 0 Å². The number of amides is 2. The van der Waals surface area contributed by atoms with Gasteiger partial charge in [0.25, 0.3) is 0 Å². The summed E-state index contributed by atoms with van der Waals surface area (Å²) in [6.45, 7) is 4.70. The molecule has 1 saturated carbocycles. The molecule has 0 spiro atoms. The van der Waals surface area contributed by atoms with Gasteiger partial charge in [0.2, 0.25) is 21.8 Å². The Balaban J connectivity index is 1.23. The summed E-state index contributed by atoms with van der Waals surface area (Å²) >= 11 is 0. The molecule has 4 rings (SSSR count). The van der Waals surface area contributed by atoms with Gasteiger partial charge in [0, 0.05) is 44.0 Å². The summed E-state index contributed by atoms with van der Waals surface area (Å²) in [6.07, 6.45) is 5.83. The maximum Gasteiger partial charge on any atom is 0.246 e. The summed E-state index contributed by atoms with van der Waals surface area (Å²) in [5, 5.41) is 2.99. The fraction of sp³-hybridized carbons (Fsp3) is 0.385. The Kier molecular flexibility index (Phi) is 8.00. The van der Waals surface area contributed by atoms with Gasteiger partial charge in [-0.2, -0.15) is 0 Å². The van der Waals surface area contributed by atoms with Crippen molar-refractivity contribution in [2.24, 2.45) is 0 Å². The number of nitrogens with zero attached hydrogens (tertiary/aromatic N) is 2. The zero-order chi connectivity index (χ0) is 24.8. The number of hydrogen-bond acceptors (Lipinski definition) is 5. The van der Waals surface area contributed by atoms with Crippen LogP contribution in [0.25, 0.3) is 6.08 Å². The van der Waals surface area contributed by atoms with E-state index in [1.54, 1.807) is 35.2 Å². The van der Waals surface area contributed by atoms with Gasteiger partial charge in [0.15, 0.2) is 0 Å². The topological polar surface area (TPSA) is 98.8 Å². The van der Waals surface area contributed by atoms with Gasteiger partial charge in [-0.25, -0.2) is 13.1 Å². The molecule has 2 aromatic carbocycles.